The molecule has 0 saturated carbocycles. The lowest BCUT2D eigenvalue weighted by Gasteiger charge is -2.31. The molecule has 1 fully saturated rings. The standard InChI is InChI=1S/C28H30F4N4O4/c29-22-9-7-21(8-10-22)18-36(19-23-4-3-15-40-23)26(37)20-35(12-11-34-13-16-39-17-14-34)27(38)33-25-6-2-1-5-24(25)28(30,31)32/h1-10,15H,11-14,16-20H2,(H,33,38). The maximum Gasteiger partial charge on any atom is 0.418 e. The van der Waals surface area contributed by atoms with E-state index in [0.29, 0.717) is 44.2 Å². The van der Waals surface area contributed by atoms with E-state index in [-0.39, 0.29) is 19.6 Å². The first-order valence-electron chi connectivity index (χ1n) is 12.8. The van der Waals surface area contributed by atoms with E-state index < -0.39 is 41.7 Å². The van der Waals surface area contributed by atoms with E-state index in [4.69, 9.17) is 9.15 Å². The molecule has 12 heteroatoms. The van der Waals surface area contributed by atoms with Gasteiger partial charge < -0.3 is 24.3 Å². The summed E-state index contributed by atoms with van der Waals surface area (Å²) in [4.78, 5) is 31.6. The van der Waals surface area contributed by atoms with Crippen LogP contribution < -0.4 is 5.32 Å². The summed E-state index contributed by atoms with van der Waals surface area (Å²) in [5.41, 5.74) is -0.731. The second-order valence-corrected chi connectivity index (χ2v) is 9.30. The number of para-hydroxylation sites is 1. The molecule has 214 valence electrons. The fraction of sp³-hybridized carbons (Fsp3) is 0.357. The number of hydrogen-bond donors (Lipinski definition) is 1. The Morgan fingerprint density at radius 3 is 2.33 bits per heavy atom. The minimum Gasteiger partial charge on any atom is -0.467 e. The lowest BCUT2D eigenvalue weighted by molar-refractivity contribution is -0.137. The fourth-order valence-electron chi connectivity index (χ4n) is 4.27. The van der Waals surface area contributed by atoms with Crippen LogP contribution in [0, 0.1) is 5.82 Å². The zero-order chi connectivity index (χ0) is 28.5. The summed E-state index contributed by atoms with van der Waals surface area (Å²) < 4.78 is 64.8. The Kier molecular flexibility index (Phi) is 9.78. The summed E-state index contributed by atoms with van der Waals surface area (Å²) in [7, 11) is 0. The van der Waals surface area contributed by atoms with Crippen LogP contribution in [0.15, 0.2) is 71.3 Å². The second-order valence-electron chi connectivity index (χ2n) is 9.30. The molecule has 3 amide bonds. The van der Waals surface area contributed by atoms with Crippen LogP contribution in [0.1, 0.15) is 16.9 Å². The molecule has 1 aliphatic heterocycles. The molecule has 0 aliphatic carbocycles. The predicted octanol–water partition coefficient (Wildman–Crippen LogP) is 4.83. The van der Waals surface area contributed by atoms with Gasteiger partial charge in [-0.2, -0.15) is 13.2 Å². The molecule has 0 atom stereocenters. The van der Waals surface area contributed by atoms with Crippen molar-refractivity contribution in [3.8, 4) is 0 Å². The van der Waals surface area contributed by atoms with E-state index in [0.717, 1.165) is 6.07 Å². The fourth-order valence-corrected chi connectivity index (χ4v) is 4.27. The van der Waals surface area contributed by atoms with Crippen molar-refractivity contribution in [2.75, 3.05) is 51.3 Å². The number of hydrogen-bond acceptors (Lipinski definition) is 5. The highest BCUT2D eigenvalue weighted by Crippen LogP contribution is 2.34. The molecule has 2 heterocycles. The van der Waals surface area contributed by atoms with E-state index >= 15 is 0 Å². The summed E-state index contributed by atoms with van der Waals surface area (Å²) >= 11 is 0. The number of ether oxygens (including phenoxy) is 1. The van der Waals surface area contributed by atoms with Gasteiger partial charge in [-0.1, -0.05) is 24.3 Å². The van der Waals surface area contributed by atoms with Crippen LogP contribution in [0.2, 0.25) is 0 Å². The van der Waals surface area contributed by atoms with Crippen molar-refractivity contribution >= 4 is 17.6 Å². The number of morpholine rings is 1. The Morgan fingerprint density at radius 1 is 0.925 bits per heavy atom. The molecule has 2 aromatic carbocycles. The summed E-state index contributed by atoms with van der Waals surface area (Å²) in [5, 5.41) is 2.34. The lowest BCUT2D eigenvalue weighted by atomic mass is 10.1. The van der Waals surface area contributed by atoms with Crippen LogP contribution in [-0.4, -0.2) is 72.6 Å². The normalized spacial score (nSPS) is 14.1. The third-order valence-electron chi connectivity index (χ3n) is 6.44. The highest BCUT2D eigenvalue weighted by Gasteiger charge is 2.34. The van der Waals surface area contributed by atoms with Crippen LogP contribution in [0.3, 0.4) is 0 Å². The Balaban J connectivity index is 1.53. The van der Waals surface area contributed by atoms with Crippen LogP contribution in [0.5, 0.6) is 0 Å². The van der Waals surface area contributed by atoms with E-state index in [9.17, 15) is 27.2 Å². The summed E-state index contributed by atoms with van der Waals surface area (Å²) in [6.07, 6.45) is -3.20. The molecule has 3 aromatic rings. The van der Waals surface area contributed by atoms with Gasteiger partial charge in [-0.05, 0) is 42.0 Å². The number of benzene rings is 2. The number of urea groups is 1. The first-order valence-corrected chi connectivity index (χ1v) is 12.8. The van der Waals surface area contributed by atoms with Crippen molar-refractivity contribution < 1.29 is 36.3 Å². The zero-order valence-corrected chi connectivity index (χ0v) is 21.7. The predicted molar refractivity (Wildman–Crippen MR) is 139 cm³/mol. The first kappa shape index (κ1) is 29.1. The maximum absolute atomic E-state index is 13.6. The maximum atomic E-state index is 13.6. The van der Waals surface area contributed by atoms with Crippen molar-refractivity contribution in [2.45, 2.75) is 19.3 Å². The Hall–Kier alpha value is -3.90. The third-order valence-corrected chi connectivity index (χ3v) is 6.44. The smallest absolute Gasteiger partial charge is 0.418 e. The second kappa shape index (κ2) is 13.4. The van der Waals surface area contributed by atoms with Gasteiger partial charge >= 0.3 is 12.2 Å². The quantitative estimate of drug-likeness (QED) is 0.358. The van der Waals surface area contributed by atoms with Gasteiger partial charge in [-0.3, -0.25) is 9.69 Å². The SMILES string of the molecule is O=C(CN(CCN1CCOCC1)C(=O)Nc1ccccc1C(F)(F)F)N(Cc1ccc(F)cc1)Cc1ccco1. The monoisotopic (exact) mass is 562 g/mol. The van der Waals surface area contributed by atoms with Crippen molar-refractivity contribution in [3.05, 3.63) is 89.6 Å². The van der Waals surface area contributed by atoms with Gasteiger partial charge in [-0.15, -0.1) is 0 Å². The first-order chi connectivity index (χ1) is 19.2. The molecule has 4 rings (SSSR count). The molecule has 0 spiro atoms. The van der Waals surface area contributed by atoms with Gasteiger partial charge in [0, 0.05) is 32.7 Å². The highest BCUT2D eigenvalue weighted by atomic mass is 19.4. The van der Waals surface area contributed by atoms with Gasteiger partial charge in [0.05, 0.1) is 37.3 Å². The topological polar surface area (TPSA) is 78.3 Å². The van der Waals surface area contributed by atoms with Gasteiger partial charge in [0.25, 0.3) is 0 Å². The van der Waals surface area contributed by atoms with E-state index in [2.05, 4.69) is 10.2 Å². The number of carbonyl (C=O) groups is 2. The Labute approximate surface area is 229 Å². The number of alkyl halides is 3. The number of rotatable bonds is 10. The van der Waals surface area contributed by atoms with Crippen LogP contribution in [0.4, 0.5) is 28.0 Å². The Morgan fingerprint density at radius 2 is 1.65 bits per heavy atom. The number of amides is 3. The van der Waals surface area contributed by atoms with Gasteiger partial charge in [0.2, 0.25) is 5.91 Å². The molecule has 1 N–H and O–H groups in total. The molecule has 8 nitrogen and oxygen atoms in total. The lowest BCUT2D eigenvalue weighted by Crippen LogP contribution is -2.48. The number of carbonyl (C=O) groups excluding carboxylic acids is 2. The van der Waals surface area contributed by atoms with Crippen molar-refractivity contribution in [1.29, 1.82) is 0 Å². The third kappa shape index (κ3) is 8.30. The molecule has 0 radical (unpaired) electrons. The number of nitrogens with zero attached hydrogens (tertiary/aromatic N) is 3. The van der Waals surface area contributed by atoms with Crippen LogP contribution >= 0.6 is 0 Å². The molecule has 1 aromatic heterocycles. The number of furan rings is 1. The van der Waals surface area contributed by atoms with Crippen molar-refractivity contribution in [2.24, 2.45) is 0 Å². The van der Waals surface area contributed by atoms with Gasteiger partial charge in [0.15, 0.2) is 0 Å². The van der Waals surface area contributed by atoms with E-state index in [1.807, 2.05) is 0 Å². The zero-order valence-electron chi connectivity index (χ0n) is 21.7. The highest BCUT2D eigenvalue weighted by molar-refractivity contribution is 5.93. The van der Waals surface area contributed by atoms with Gasteiger partial charge in [-0.25, -0.2) is 9.18 Å². The minimum atomic E-state index is -4.67. The average Bonchev–Trinajstić information content (AvgIpc) is 3.45. The Bertz CT molecular complexity index is 1250. The van der Waals surface area contributed by atoms with Crippen molar-refractivity contribution in [1.82, 2.24) is 14.7 Å². The molecule has 1 aliphatic rings. The molecule has 1 saturated heterocycles. The van der Waals surface area contributed by atoms with Crippen molar-refractivity contribution in [3.63, 3.8) is 0 Å². The number of halogens is 4. The molecule has 0 unspecified atom stereocenters. The van der Waals surface area contributed by atoms with Crippen LogP contribution in [-0.2, 0) is 28.8 Å². The summed E-state index contributed by atoms with van der Waals surface area (Å²) in [5.74, 6) is -0.376. The molecular weight excluding hydrogens is 532 g/mol. The van der Waals surface area contributed by atoms with E-state index in [1.54, 1.807) is 24.3 Å². The average molecular weight is 563 g/mol. The van der Waals surface area contributed by atoms with Crippen LogP contribution in [0.25, 0.3) is 0 Å². The number of nitrogens with one attached hydrogen (secondary N) is 1. The minimum absolute atomic E-state index is 0.0824. The number of anilines is 1. The molecule has 0 bridgehead atoms. The van der Waals surface area contributed by atoms with Gasteiger partial charge in [0.1, 0.15) is 18.1 Å². The molecular formula is C28H30F4N4O4. The van der Waals surface area contributed by atoms with E-state index in [1.165, 1.54) is 46.4 Å². The molecule has 40 heavy (non-hydrogen) atoms. The summed E-state index contributed by atoms with van der Waals surface area (Å²) in [6, 6.07) is 12.9. The summed E-state index contributed by atoms with van der Waals surface area (Å²) in [6.45, 7) is 2.61. The largest absolute Gasteiger partial charge is 0.467 e.